The molecule has 5 nitrogen and oxygen atoms in total. The molecule has 2 aromatic rings. The van der Waals surface area contributed by atoms with Crippen molar-refractivity contribution in [2.24, 2.45) is 5.92 Å². The highest BCUT2D eigenvalue weighted by molar-refractivity contribution is 5.91. The zero-order chi connectivity index (χ0) is 13.1. The third kappa shape index (κ3) is 2.65. The Hall–Kier alpha value is -2.17. The molecular formula is C14H16N4O. The van der Waals surface area contributed by atoms with Crippen LogP contribution in [-0.4, -0.2) is 21.1 Å². The van der Waals surface area contributed by atoms with Crippen LogP contribution in [0.4, 0.5) is 5.95 Å². The minimum atomic E-state index is 0.0381. The first-order valence-electron chi connectivity index (χ1n) is 6.61. The Labute approximate surface area is 111 Å². The quantitative estimate of drug-likeness (QED) is 0.886. The van der Waals surface area contributed by atoms with Crippen molar-refractivity contribution in [3.05, 3.63) is 30.3 Å². The van der Waals surface area contributed by atoms with Crippen LogP contribution in [-0.2, 0) is 4.79 Å². The fourth-order valence-electron chi connectivity index (χ4n) is 2.44. The lowest BCUT2D eigenvalue weighted by Crippen LogP contribution is -2.20. The van der Waals surface area contributed by atoms with Gasteiger partial charge in [0, 0.05) is 11.5 Å². The largest absolute Gasteiger partial charge is 0.293 e. The monoisotopic (exact) mass is 256 g/mol. The molecule has 0 unspecified atom stereocenters. The summed E-state index contributed by atoms with van der Waals surface area (Å²) in [5, 5.41) is 9.66. The molecule has 1 heterocycles. The fourth-order valence-corrected chi connectivity index (χ4v) is 2.44. The average molecular weight is 256 g/mol. The maximum absolute atomic E-state index is 12.0. The molecule has 1 aromatic carbocycles. The van der Waals surface area contributed by atoms with Gasteiger partial charge >= 0.3 is 0 Å². The summed E-state index contributed by atoms with van der Waals surface area (Å²) in [4.78, 5) is 16.2. The Kier molecular flexibility index (Phi) is 3.27. The van der Waals surface area contributed by atoms with E-state index in [4.69, 9.17) is 0 Å². The van der Waals surface area contributed by atoms with Crippen molar-refractivity contribution in [3.8, 4) is 11.4 Å². The van der Waals surface area contributed by atoms with E-state index in [1.807, 2.05) is 30.3 Å². The van der Waals surface area contributed by atoms with Crippen LogP contribution < -0.4 is 5.32 Å². The number of nitrogens with zero attached hydrogens (tertiary/aromatic N) is 2. The molecule has 0 atom stereocenters. The van der Waals surface area contributed by atoms with Gasteiger partial charge in [0.1, 0.15) is 0 Å². The van der Waals surface area contributed by atoms with Gasteiger partial charge in [-0.3, -0.25) is 15.2 Å². The van der Waals surface area contributed by atoms with E-state index in [9.17, 15) is 4.79 Å². The van der Waals surface area contributed by atoms with Gasteiger partial charge in [-0.2, -0.15) is 4.98 Å². The topological polar surface area (TPSA) is 70.7 Å². The Balaban J connectivity index is 1.70. The van der Waals surface area contributed by atoms with Crippen LogP contribution in [0.2, 0.25) is 0 Å². The van der Waals surface area contributed by atoms with Gasteiger partial charge in [-0.1, -0.05) is 43.2 Å². The predicted octanol–water partition coefficient (Wildman–Crippen LogP) is 2.60. The lowest BCUT2D eigenvalue weighted by molar-refractivity contribution is -0.119. The zero-order valence-corrected chi connectivity index (χ0v) is 10.6. The van der Waals surface area contributed by atoms with Crippen molar-refractivity contribution < 1.29 is 4.79 Å². The van der Waals surface area contributed by atoms with Crippen molar-refractivity contribution in [2.75, 3.05) is 5.32 Å². The summed E-state index contributed by atoms with van der Waals surface area (Å²) in [5.41, 5.74) is 0.955. The highest BCUT2D eigenvalue weighted by Gasteiger charge is 2.23. The van der Waals surface area contributed by atoms with Gasteiger partial charge in [-0.05, 0) is 12.8 Å². The standard InChI is InChI=1S/C14H16N4O/c19-13(11-8-4-5-9-11)16-14-15-12(17-18-14)10-6-2-1-3-7-10/h1-3,6-7,11H,4-5,8-9H2,(H2,15,16,17,18,19). The van der Waals surface area contributed by atoms with Gasteiger partial charge in [0.2, 0.25) is 11.9 Å². The van der Waals surface area contributed by atoms with Crippen molar-refractivity contribution in [1.29, 1.82) is 0 Å². The smallest absolute Gasteiger partial charge is 0.249 e. The number of nitrogens with one attached hydrogen (secondary N) is 2. The molecule has 0 saturated heterocycles. The maximum Gasteiger partial charge on any atom is 0.249 e. The Bertz CT molecular complexity index is 558. The third-order valence-electron chi connectivity index (χ3n) is 3.49. The number of benzene rings is 1. The molecule has 2 N–H and O–H groups in total. The molecule has 1 aromatic heterocycles. The number of carbonyl (C=O) groups excluding carboxylic acids is 1. The van der Waals surface area contributed by atoms with Crippen LogP contribution in [0.5, 0.6) is 0 Å². The van der Waals surface area contributed by atoms with E-state index in [1.54, 1.807) is 0 Å². The van der Waals surface area contributed by atoms with Crippen molar-refractivity contribution in [3.63, 3.8) is 0 Å². The van der Waals surface area contributed by atoms with Crippen LogP contribution in [0, 0.1) is 5.92 Å². The molecule has 98 valence electrons. The molecule has 3 rings (SSSR count). The zero-order valence-electron chi connectivity index (χ0n) is 10.6. The summed E-state index contributed by atoms with van der Waals surface area (Å²) < 4.78 is 0. The number of carbonyl (C=O) groups is 1. The number of rotatable bonds is 3. The molecule has 1 aliphatic rings. The predicted molar refractivity (Wildman–Crippen MR) is 72.4 cm³/mol. The molecule has 0 radical (unpaired) electrons. The first kappa shape index (κ1) is 11.9. The van der Waals surface area contributed by atoms with Gasteiger partial charge in [-0.15, -0.1) is 5.10 Å². The maximum atomic E-state index is 12.0. The van der Waals surface area contributed by atoms with Gasteiger partial charge in [0.05, 0.1) is 0 Å². The van der Waals surface area contributed by atoms with E-state index < -0.39 is 0 Å². The van der Waals surface area contributed by atoms with Gasteiger partial charge in [-0.25, -0.2) is 0 Å². The number of aromatic nitrogens is 3. The van der Waals surface area contributed by atoms with E-state index in [2.05, 4.69) is 20.5 Å². The third-order valence-corrected chi connectivity index (χ3v) is 3.49. The van der Waals surface area contributed by atoms with Crippen LogP contribution >= 0.6 is 0 Å². The second kappa shape index (κ2) is 5.22. The van der Waals surface area contributed by atoms with Crippen LogP contribution in [0.1, 0.15) is 25.7 Å². The molecule has 19 heavy (non-hydrogen) atoms. The van der Waals surface area contributed by atoms with E-state index >= 15 is 0 Å². The average Bonchev–Trinajstić information content (AvgIpc) is 3.11. The van der Waals surface area contributed by atoms with Crippen LogP contribution in [0.3, 0.4) is 0 Å². The van der Waals surface area contributed by atoms with E-state index in [0.717, 1.165) is 31.2 Å². The van der Waals surface area contributed by atoms with Crippen molar-refractivity contribution in [1.82, 2.24) is 15.2 Å². The van der Waals surface area contributed by atoms with Gasteiger partial charge < -0.3 is 0 Å². The summed E-state index contributed by atoms with van der Waals surface area (Å²) in [7, 11) is 0. The molecular weight excluding hydrogens is 240 g/mol. The highest BCUT2D eigenvalue weighted by atomic mass is 16.2. The minimum absolute atomic E-state index is 0.0381. The molecule has 0 spiro atoms. The second-order valence-electron chi connectivity index (χ2n) is 4.84. The molecule has 0 aliphatic heterocycles. The first-order chi connectivity index (χ1) is 9.33. The Morgan fingerprint density at radius 3 is 2.68 bits per heavy atom. The lowest BCUT2D eigenvalue weighted by atomic mass is 10.1. The number of anilines is 1. The van der Waals surface area contributed by atoms with Crippen molar-refractivity contribution >= 4 is 11.9 Å². The van der Waals surface area contributed by atoms with Crippen LogP contribution in [0.15, 0.2) is 30.3 Å². The minimum Gasteiger partial charge on any atom is -0.293 e. The summed E-state index contributed by atoms with van der Waals surface area (Å²) in [6.45, 7) is 0. The number of H-pyrrole nitrogens is 1. The second-order valence-corrected chi connectivity index (χ2v) is 4.84. The number of amides is 1. The molecule has 5 heteroatoms. The molecule has 1 fully saturated rings. The fraction of sp³-hybridized carbons (Fsp3) is 0.357. The highest BCUT2D eigenvalue weighted by Crippen LogP contribution is 2.25. The summed E-state index contributed by atoms with van der Waals surface area (Å²) in [5.74, 6) is 1.19. The first-order valence-corrected chi connectivity index (χ1v) is 6.61. The van der Waals surface area contributed by atoms with Gasteiger partial charge in [0.25, 0.3) is 0 Å². The number of aromatic amines is 1. The Morgan fingerprint density at radius 2 is 1.95 bits per heavy atom. The van der Waals surface area contributed by atoms with E-state index in [-0.39, 0.29) is 11.8 Å². The number of hydrogen-bond donors (Lipinski definition) is 2. The normalized spacial score (nSPS) is 15.6. The molecule has 1 saturated carbocycles. The van der Waals surface area contributed by atoms with Crippen LogP contribution in [0.25, 0.3) is 11.4 Å². The molecule has 0 bridgehead atoms. The molecule has 1 amide bonds. The summed E-state index contributed by atoms with van der Waals surface area (Å²) >= 11 is 0. The van der Waals surface area contributed by atoms with Gasteiger partial charge in [0.15, 0.2) is 5.82 Å². The SMILES string of the molecule is O=C(Nc1n[nH]c(-c2ccccc2)n1)C1CCCC1. The molecule has 1 aliphatic carbocycles. The Morgan fingerprint density at radius 1 is 1.21 bits per heavy atom. The van der Waals surface area contributed by atoms with E-state index in [1.165, 1.54) is 0 Å². The van der Waals surface area contributed by atoms with Crippen molar-refractivity contribution in [2.45, 2.75) is 25.7 Å². The summed E-state index contributed by atoms with van der Waals surface area (Å²) in [6, 6.07) is 9.72. The summed E-state index contributed by atoms with van der Waals surface area (Å²) in [6.07, 6.45) is 4.23. The lowest BCUT2D eigenvalue weighted by Gasteiger charge is -2.06. The van der Waals surface area contributed by atoms with E-state index in [0.29, 0.717) is 11.8 Å². The number of hydrogen-bond acceptors (Lipinski definition) is 3.